The van der Waals surface area contributed by atoms with Crippen LogP contribution >= 0.6 is 0 Å². The molecule has 2 heterocycles. The maximum absolute atomic E-state index is 4.75. The van der Waals surface area contributed by atoms with Crippen molar-refractivity contribution < 1.29 is 0 Å². The van der Waals surface area contributed by atoms with Gasteiger partial charge in [0.25, 0.3) is 0 Å². The van der Waals surface area contributed by atoms with Crippen LogP contribution in [0.1, 0.15) is 31.2 Å². The van der Waals surface area contributed by atoms with E-state index in [0.29, 0.717) is 0 Å². The van der Waals surface area contributed by atoms with Gasteiger partial charge in [0.1, 0.15) is 5.82 Å². The molecule has 0 amide bonds. The molecule has 1 aromatic carbocycles. The van der Waals surface area contributed by atoms with Crippen LogP contribution in [0.2, 0.25) is 0 Å². The number of aromatic nitrogens is 1. The van der Waals surface area contributed by atoms with E-state index in [1.807, 2.05) is 6.07 Å². The predicted molar refractivity (Wildman–Crippen MR) is 89.9 cm³/mol. The molecule has 3 heteroatoms. The summed E-state index contributed by atoms with van der Waals surface area (Å²) in [6.45, 7) is 6.74. The third-order valence-corrected chi connectivity index (χ3v) is 4.33. The van der Waals surface area contributed by atoms with Gasteiger partial charge in [0.15, 0.2) is 0 Å². The number of likely N-dealkylation sites (tertiary alicyclic amines) is 1. The molecule has 0 saturated carbocycles. The Labute approximate surface area is 127 Å². The lowest BCUT2D eigenvalue weighted by Crippen LogP contribution is -2.30. The number of nitrogens with zero attached hydrogens (tertiary/aromatic N) is 2. The molecule has 1 aromatic heterocycles. The maximum atomic E-state index is 4.75. The van der Waals surface area contributed by atoms with Gasteiger partial charge in [-0.25, -0.2) is 4.98 Å². The third-order valence-electron chi connectivity index (χ3n) is 4.33. The predicted octanol–water partition coefficient (Wildman–Crippen LogP) is 3.83. The molecule has 2 aromatic rings. The quantitative estimate of drug-likeness (QED) is 0.924. The van der Waals surface area contributed by atoms with E-state index in [-0.39, 0.29) is 0 Å². The summed E-state index contributed by atoms with van der Waals surface area (Å²) in [5.41, 5.74) is 2.30. The van der Waals surface area contributed by atoms with Gasteiger partial charge in [0.05, 0.1) is 5.52 Å². The van der Waals surface area contributed by atoms with Crippen molar-refractivity contribution in [2.75, 3.05) is 31.5 Å². The average molecular weight is 283 g/mol. The SMILES string of the molecule is Cc1cc2ccccc2nc1NCCN1CCCCCC1. The Hall–Kier alpha value is -1.61. The highest BCUT2D eigenvalue weighted by atomic mass is 15.1. The van der Waals surface area contributed by atoms with Crippen LogP contribution in [0.25, 0.3) is 10.9 Å². The molecule has 0 aliphatic carbocycles. The van der Waals surface area contributed by atoms with Crippen LogP contribution in [-0.2, 0) is 0 Å². The second kappa shape index (κ2) is 6.90. The van der Waals surface area contributed by atoms with E-state index < -0.39 is 0 Å². The standard InChI is InChI=1S/C18H25N3/c1-15-14-16-8-4-5-9-17(16)20-18(15)19-10-13-21-11-6-2-3-7-12-21/h4-5,8-9,14H,2-3,6-7,10-13H2,1H3,(H,19,20). The summed E-state index contributed by atoms with van der Waals surface area (Å²) in [7, 11) is 0. The summed E-state index contributed by atoms with van der Waals surface area (Å²) in [5, 5.41) is 4.74. The number of para-hydroxylation sites is 1. The van der Waals surface area contributed by atoms with Gasteiger partial charge in [0.2, 0.25) is 0 Å². The lowest BCUT2D eigenvalue weighted by Gasteiger charge is -2.20. The minimum atomic E-state index is 0.978. The number of benzene rings is 1. The first-order valence-electron chi connectivity index (χ1n) is 8.15. The van der Waals surface area contributed by atoms with Gasteiger partial charge in [-0.2, -0.15) is 0 Å². The van der Waals surface area contributed by atoms with Crippen molar-refractivity contribution in [3.8, 4) is 0 Å². The molecule has 1 aliphatic rings. The summed E-state index contributed by atoms with van der Waals surface area (Å²) in [6.07, 6.45) is 5.50. The van der Waals surface area contributed by atoms with Crippen LogP contribution in [0.15, 0.2) is 30.3 Å². The number of hydrogen-bond acceptors (Lipinski definition) is 3. The van der Waals surface area contributed by atoms with Crippen molar-refractivity contribution in [3.05, 3.63) is 35.9 Å². The zero-order chi connectivity index (χ0) is 14.5. The minimum Gasteiger partial charge on any atom is -0.369 e. The van der Waals surface area contributed by atoms with Crippen molar-refractivity contribution in [2.24, 2.45) is 0 Å². The highest BCUT2D eigenvalue weighted by Crippen LogP contribution is 2.19. The Kier molecular flexibility index (Phi) is 4.71. The number of rotatable bonds is 4. The average Bonchev–Trinajstić information content (AvgIpc) is 2.76. The third kappa shape index (κ3) is 3.73. The lowest BCUT2D eigenvalue weighted by molar-refractivity contribution is 0.296. The van der Waals surface area contributed by atoms with Gasteiger partial charge >= 0.3 is 0 Å². The molecule has 0 bridgehead atoms. The molecular weight excluding hydrogens is 258 g/mol. The zero-order valence-electron chi connectivity index (χ0n) is 12.9. The lowest BCUT2D eigenvalue weighted by atomic mass is 10.1. The molecule has 3 rings (SSSR count). The molecule has 1 fully saturated rings. The highest BCUT2D eigenvalue weighted by molar-refractivity contribution is 5.81. The van der Waals surface area contributed by atoms with Crippen molar-refractivity contribution in [2.45, 2.75) is 32.6 Å². The number of nitrogens with one attached hydrogen (secondary N) is 1. The Morgan fingerprint density at radius 3 is 2.67 bits per heavy atom. The molecule has 3 nitrogen and oxygen atoms in total. The number of hydrogen-bond donors (Lipinski definition) is 1. The normalized spacial score (nSPS) is 16.8. The van der Waals surface area contributed by atoms with Gasteiger partial charge in [-0.15, -0.1) is 0 Å². The largest absolute Gasteiger partial charge is 0.369 e. The molecule has 1 aliphatic heterocycles. The zero-order valence-corrected chi connectivity index (χ0v) is 12.9. The molecule has 0 unspecified atom stereocenters. The van der Waals surface area contributed by atoms with Gasteiger partial charge in [-0.1, -0.05) is 31.0 Å². The molecule has 1 N–H and O–H groups in total. The minimum absolute atomic E-state index is 0.978. The van der Waals surface area contributed by atoms with E-state index in [2.05, 4.69) is 41.4 Å². The first-order chi connectivity index (χ1) is 10.3. The molecule has 1 saturated heterocycles. The Morgan fingerprint density at radius 1 is 1.10 bits per heavy atom. The van der Waals surface area contributed by atoms with E-state index in [0.717, 1.165) is 24.4 Å². The van der Waals surface area contributed by atoms with Gasteiger partial charge < -0.3 is 10.2 Å². The van der Waals surface area contributed by atoms with Crippen LogP contribution in [0.3, 0.4) is 0 Å². The maximum Gasteiger partial charge on any atom is 0.129 e. The smallest absolute Gasteiger partial charge is 0.129 e. The van der Waals surface area contributed by atoms with Crippen molar-refractivity contribution in [1.29, 1.82) is 0 Å². The summed E-state index contributed by atoms with van der Waals surface area (Å²) in [5.74, 6) is 1.03. The molecule has 0 spiro atoms. The highest BCUT2D eigenvalue weighted by Gasteiger charge is 2.09. The van der Waals surface area contributed by atoms with Crippen LogP contribution in [0.4, 0.5) is 5.82 Å². The van der Waals surface area contributed by atoms with Crippen LogP contribution in [-0.4, -0.2) is 36.1 Å². The van der Waals surface area contributed by atoms with Gasteiger partial charge in [0, 0.05) is 18.5 Å². The topological polar surface area (TPSA) is 28.2 Å². The number of pyridine rings is 1. The fourth-order valence-corrected chi connectivity index (χ4v) is 3.09. The summed E-state index contributed by atoms with van der Waals surface area (Å²) >= 11 is 0. The van der Waals surface area contributed by atoms with E-state index in [4.69, 9.17) is 4.98 Å². The Morgan fingerprint density at radius 2 is 1.86 bits per heavy atom. The Balaban J connectivity index is 1.60. The van der Waals surface area contributed by atoms with Crippen molar-refractivity contribution in [1.82, 2.24) is 9.88 Å². The van der Waals surface area contributed by atoms with Crippen molar-refractivity contribution >= 4 is 16.7 Å². The fourth-order valence-electron chi connectivity index (χ4n) is 3.09. The van der Waals surface area contributed by atoms with E-state index in [1.54, 1.807) is 0 Å². The summed E-state index contributed by atoms with van der Waals surface area (Å²) in [6, 6.07) is 10.5. The number of anilines is 1. The van der Waals surface area contributed by atoms with Crippen LogP contribution < -0.4 is 5.32 Å². The van der Waals surface area contributed by atoms with Crippen molar-refractivity contribution in [3.63, 3.8) is 0 Å². The first-order valence-corrected chi connectivity index (χ1v) is 8.15. The number of aryl methyl sites for hydroxylation is 1. The van der Waals surface area contributed by atoms with E-state index >= 15 is 0 Å². The molecule has 0 atom stereocenters. The second-order valence-electron chi connectivity index (χ2n) is 6.03. The van der Waals surface area contributed by atoms with E-state index in [1.165, 1.54) is 49.7 Å². The molecule has 0 radical (unpaired) electrons. The van der Waals surface area contributed by atoms with Crippen LogP contribution in [0.5, 0.6) is 0 Å². The van der Waals surface area contributed by atoms with Gasteiger partial charge in [-0.05, 0) is 50.6 Å². The first kappa shape index (κ1) is 14.3. The molecule has 112 valence electrons. The molecule has 21 heavy (non-hydrogen) atoms. The second-order valence-corrected chi connectivity index (χ2v) is 6.03. The summed E-state index contributed by atoms with van der Waals surface area (Å²) in [4.78, 5) is 7.33. The monoisotopic (exact) mass is 283 g/mol. The summed E-state index contributed by atoms with van der Waals surface area (Å²) < 4.78 is 0. The van der Waals surface area contributed by atoms with E-state index in [9.17, 15) is 0 Å². The molecular formula is C18H25N3. The van der Waals surface area contributed by atoms with Crippen LogP contribution in [0, 0.1) is 6.92 Å². The Bertz CT molecular complexity index is 586. The number of fused-ring (bicyclic) bond motifs is 1. The fraction of sp³-hybridized carbons (Fsp3) is 0.500. The van der Waals surface area contributed by atoms with Gasteiger partial charge in [-0.3, -0.25) is 0 Å².